The summed E-state index contributed by atoms with van der Waals surface area (Å²) in [5, 5.41) is 12.7. The first-order chi connectivity index (χ1) is 7.09. The molecule has 2 rings (SSSR count). The number of anilines is 1. The van der Waals surface area contributed by atoms with E-state index in [0.29, 0.717) is 12.2 Å². The zero-order chi connectivity index (χ0) is 10.9. The van der Waals surface area contributed by atoms with Crippen LogP contribution in [0, 0.1) is 11.6 Å². The molecule has 0 saturated heterocycles. The lowest BCUT2D eigenvalue weighted by atomic mass is 9.80. The van der Waals surface area contributed by atoms with Crippen LogP contribution in [0.2, 0.25) is 0 Å². The SMILES string of the molecule is OC1(CNc2ccc(F)c(F)c2)CCC1. The highest BCUT2D eigenvalue weighted by Gasteiger charge is 2.33. The molecule has 1 aromatic carbocycles. The average molecular weight is 213 g/mol. The standard InChI is InChI=1S/C11H13F2NO/c12-9-3-2-8(6-10(9)13)14-7-11(15)4-1-5-11/h2-3,6,14-15H,1,4-5,7H2. The number of halogens is 2. The van der Waals surface area contributed by atoms with Crippen molar-refractivity contribution in [2.75, 3.05) is 11.9 Å². The van der Waals surface area contributed by atoms with Crippen molar-refractivity contribution in [3.05, 3.63) is 29.8 Å². The number of hydrogen-bond acceptors (Lipinski definition) is 2. The van der Waals surface area contributed by atoms with Gasteiger partial charge in [-0.3, -0.25) is 0 Å². The predicted molar refractivity (Wildman–Crippen MR) is 53.6 cm³/mol. The molecule has 0 spiro atoms. The molecule has 0 unspecified atom stereocenters. The fourth-order valence-electron chi connectivity index (χ4n) is 1.63. The monoisotopic (exact) mass is 213 g/mol. The van der Waals surface area contributed by atoms with Crippen LogP contribution in [0.1, 0.15) is 19.3 Å². The first-order valence-electron chi connectivity index (χ1n) is 5.00. The maximum Gasteiger partial charge on any atom is 0.160 e. The highest BCUT2D eigenvalue weighted by molar-refractivity contribution is 5.43. The van der Waals surface area contributed by atoms with Crippen LogP contribution in [0.4, 0.5) is 14.5 Å². The molecule has 82 valence electrons. The Bertz CT molecular complexity index is 364. The quantitative estimate of drug-likeness (QED) is 0.807. The van der Waals surface area contributed by atoms with Gasteiger partial charge in [0, 0.05) is 18.3 Å². The van der Waals surface area contributed by atoms with Crippen LogP contribution >= 0.6 is 0 Å². The molecule has 0 amide bonds. The van der Waals surface area contributed by atoms with E-state index < -0.39 is 17.2 Å². The van der Waals surface area contributed by atoms with Gasteiger partial charge in [-0.2, -0.15) is 0 Å². The molecule has 1 aliphatic rings. The van der Waals surface area contributed by atoms with Crippen LogP contribution in [-0.4, -0.2) is 17.3 Å². The van der Waals surface area contributed by atoms with Crippen molar-refractivity contribution in [3.63, 3.8) is 0 Å². The van der Waals surface area contributed by atoms with Crippen molar-refractivity contribution in [3.8, 4) is 0 Å². The highest BCUT2D eigenvalue weighted by Crippen LogP contribution is 2.31. The number of nitrogens with one attached hydrogen (secondary N) is 1. The fourth-order valence-corrected chi connectivity index (χ4v) is 1.63. The van der Waals surface area contributed by atoms with Gasteiger partial charge in [0.1, 0.15) is 0 Å². The predicted octanol–water partition coefficient (Wildman–Crippen LogP) is 2.29. The Hall–Kier alpha value is -1.16. The molecule has 2 nitrogen and oxygen atoms in total. The third-order valence-corrected chi connectivity index (χ3v) is 2.83. The third kappa shape index (κ3) is 2.26. The normalized spacial score (nSPS) is 18.3. The Morgan fingerprint density at radius 1 is 1.27 bits per heavy atom. The molecule has 2 N–H and O–H groups in total. The molecule has 0 bridgehead atoms. The summed E-state index contributed by atoms with van der Waals surface area (Å²) in [6, 6.07) is 3.63. The molecule has 15 heavy (non-hydrogen) atoms. The van der Waals surface area contributed by atoms with Crippen molar-refractivity contribution in [1.29, 1.82) is 0 Å². The second-order valence-corrected chi connectivity index (χ2v) is 4.06. The molecule has 0 atom stereocenters. The van der Waals surface area contributed by atoms with Crippen LogP contribution in [-0.2, 0) is 0 Å². The Kier molecular flexibility index (Phi) is 2.61. The summed E-state index contributed by atoms with van der Waals surface area (Å²) in [4.78, 5) is 0. The smallest absolute Gasteiger partial charge is 0.160 e. The molecular formula is C11H13F2NO. The molecule has 0 radical (unpaired) electrons. The molecule has 1 saturated carbocycles. The summed E-state index contributed by atoms with van der Waals surface area (Å²) in [6.07, 6.45) is 2.56. The van der Waals surface area contributed by atoms with E-state index in [1.807, 2.05) is 0 Å². The van der Waals surface area contributed by atoms with Gasteiger partial charge in [0.2, 0.25) is 0 Å². The molecule has 0 heterocycles. The van der Waals surface area contributed by atoms with Gasteiger partial charge in [-0.15, -0.1) is 0 Å². The molecule has 1 fully saturated rings. The lowest BCUT2D eigenvalue weighted by molar-refractivity contribution is -0.0202. The van der Waals surface area contributed by atoms with E-state index in [0.717, 1.165) is 31.4 Å². The minimum atomic E-state index is -0.874. The molecule has 1 aliphatic carbocycles. The first-order valence-corrected chi connectivity index (χ1v) is 5.00. The third-order valence-electron chi connectivity index (χ3n) is 2.83. The highest BCUT2D eigenvalue weighted by atomic mass is 19.2. The summed E-state index contributed by atoms with van der Waals surface area (Å²) in [5.74, 6) is -1.73. The van der Waals surface area contributed by atoms with Crippen LogP contribution in [0.5, 0.6) is 0 Å². The topological polar surface area (TPSA) is 32.3 Å². The van der Waals surface area contributed by atoms with Gasteiger partial charge >= 0.3 is 0 Å². The van der Waals surface area contributed by atoms with Gasteiger partial charge in [0.25, 0.3) is 0 Å². The largest absolute Gasteiger partial charge is 0.388 e. The molecule has 4 heteroatoms. The summed E-state index contributed by atoms with van der Waals surface area (Å²) < 4.78 is 25.4. The van der Waals surface area contributed by atoms with E-state index in [-0.39, 0.29) is 0 Å². The second-order valence-electron chi connectivity index (χ2n) is 4.06. The van der Waals surface area contributed by atoms with Crippen molar-refractivity contribution in [2.24, 2.45) is 0 Å². The van der Waals surface area contributed by atoms with E-state index in [1.54, 1.807) is 0 Å². The summed E-state index contributed by atoms with van der Waals surface area (Å²) in [7, 11) is 0. The maximum atomic E-state index is 12.8. The summed E-state index contributed by atoms with van der Waals surface area (Å²) >= 11 is 0. The van der Waals surface area contributed by atoms with Gasteiger partial charge in [-0.25, -0.2) is 8.78 Å². The Balaban J connectivity index is 1.96. The van der Waals surface area contributed by atoms with Crippen LogP contribution in [0.3, 0.4) is 0 Å². The van der Waals surface area contributed by atoms with Crippen LogP contribution in [0.25, 0.3) is 0 Å². The molecular weight excluding hydrogens is 200 g/mol. The number of rotatable bonds is 3. The van der Waals surface area contributed by atoms with E-state index in [4.69, 9.17) is 0 Å². The van der Waals surface area contributed by atoms with E-state index in [1.165, 1.54) is 6.07 Å². The second kappa shape index (κ2) is 3.77. The van der Waals surface area contributed by atoms with Crippen LogP contribution in [0.15, 0.2) is 18.2 Å². The molecule has 0 aromatic heterocycles. The molecule has 0 aliphatic heterocycles. The lowest BCUT2D eigenvalue weighted by Crippen LogP contribution is -2.43. The van der Waals surface area contributed by atoms with Gasteiger partial charge in [0.05, 0.1) is 5.60 Å². The Labute approximate surface area is 86.9 Å². The van der Waals surface area contributed by atoms with Gasteiger partial charge in [0.15, 0.2) is 11.6 Å². The summed E-state index contributed by atoms with van der Waals surface area (Å²) in [5.41, 5.74) is -0.167. The number of benzene rings is 1. The Morgan fingerprint density at radius 3 is 2.53 bits per heavy atom. The van der Waals surface area contributed by atoms with Gasteiger partial charge in [-0.1, -0.05) is 0 Å². The van der Waals surface area contributed by atoms with Gasteiger partial charge in [-0.05, 0) is 31.4 Å². The minimum Gasteiger partial charge on any atom is -0.388 e. The number of aliphatic hydroxyl groups is 1. The fraction of sp³-hybridized carbons (Fsp3) is 0.455. The van der Waals surface area contributed by atoms with Gasteiger partial charge < -0.3 is 10.4 Å². The maximum absolute atomic E-state index is 12.8. The van der Waals surface area contributed by atoms with Crippen LogP contribution < -0.4 is 5.32 Å². The minimum absolute atomic E-state index is 0.387. The Morgan fingerprint density at radius 2 is 2.00 bits per heavy atom. The van der Waals surface area contributed by atoms with Crippen molar-refractivity contribution in [1.82, 2.24) is 0 Å². The lowest BCUT2D eigenvalue weighted by Gasteiger charge is -2.36. The zero-order valence-electron chi connectivity index (χ0n) is 8.26. The average Bonchev–Trinajstić information content (AvgIpc) is 2.17. The zero-order valence-corrected chi connectivity index (χ0v) is 8.26. The van der Waals surface area contributed by atoms with E-state index >= 15 is 0 Å². The van der Waals surface area contributed by atoms with Crippen molar-refractivity contribution in [2.45, 2.75) is 24.9 Å². The first kappa shape index (κ1) is 10.4. The van der Waals surface area contributed by atoms with E-state index in [9.17, 15) is 13.9 Å². The van der Waals surface area contributed by atoms with Crippen molar-refractivity contribution >= 4 is 5.69 Å². The molecule has 1 aromatic rings. The van der Waals surface area contributed by atoms with E-state index in [2.05, 4.69) is 5.32 Å². The van der Waals surface area contributed by atoms with Crippen molar-refractivity contribution < 1.29 is 13.9 Å². The number of hydrogen-bond donors (Lipinski definition) is 2. The summed E-state index contributed by atoms with van der Waals surface area (Å²) in [6.45, 7) is 0.387.